The van der Waals surface area contributed by atoms with Crippen molar-refractivity contribution in [2.75, 3.05) is 0 Å². The van der Waals surface area contributed by atoms with Crippen LogP contribution in [0.1, 0.15) is 29.2 Å². The molecule has 0 aliphatic heterocycles. The Balaban J connectivity index is 2.44. The lowest BCUT2D eigenvalue weighted by Gasteiger charge is -2.06. The molecule has 0 spiro atoms. The van der Waals surface area contributed by atoms with Crippen LogP contribution < -0.4 is 0 Å². The summed E-state index contributed by atoms with van der Waals surface area (Å²) in [7, 11) is 0. The molecule has 0 aliphatic carbocycles. The summed E-state index contributed by atoms with van der Waals surface area (Å²) in [5.41, 5.74) is 0.866. The number of carboxylic acids is 1. The van der Waals surface area contributed by atoms with Gasteiger partial charge in [0.05, 0.1) is 0 Å². The third kappa shape index (κ3) is 2.17. The molecule has 0 aliphatic rings. The van der Waals surface area contributed by atoms with E-state index in [1.165, 1.54) is 31.2 Å². The lowest BCUT2D eigenvalue weighted by molar-refractivity contribution is 0.0652. The molecular formula is C12H10FNO4. The number of benzene rings is 1. The Labute approximate surface area is 101 Å². The van der Waals surface area contributed by atoms with Crippen LogP contribution in [0.2, 0.25) is 0 Å². The Hall–Kier alpha value is -2.37. The second-order valence-corrected chi connectivity index (χ2v) is 3.77. The van der Waals surface area contributed by atoms with Gasteiger partial charge in [0.1, 0.15) is 17.6 Å². The van der Waals surface area contributed by atoms with Crippen LogP contribution in [-0.2, 0) is 0 Å². The summed E-state index contributed by atoms with van der Waals surface area (Å²) in [6.45, 7) is 1.30. The second kappa shape index (κ2) is 4.48. The topological polar surface area (TPSA) is 83.6 Å². The quantitative estimate of drug-likeness (QED) is 0.876. The van der Waals surface area contributed by atoms with Crippen molar-refractivity contribution in [2.45, 2.75) is 13.1 Å². The predicted octanol–water partition coefficient (Wildman–Crippen LogP) is 2.78. The number of phenolic OH excluding ortho intramolecular Hbond substituents is 1. The number of aromatic hydroxyl groups is 1. The van der Waals surface area contributed by atoms with Crippen LogP contribution in [0, 0.1) is 0 Å². The lowest BCUT2D eigenvalue weighted by Crippen LogP contribution is -1.91. The minimum Gasteiger partial charge on any atom is -0.508 e. The summed E-state index contributed by atoms with van der Waals surface area (Å²) in [5.74, 6) is -1.68. The van der Waals surface area contributed by atoms with Gasteiger partial charge in [-0.25, -0.2) is 9.18 Å². The molecule has 1 unspecified atom stereocenters. The molecule has 18 heavy (non-hydrogen) atoms. The number of aromatic carboxylic acids is 1. The monoisotopic (exact) mass is 251 g/mol. The second-order valence-electron chi connectivity index (χ2n) is 3.77. The van der Waals surface area contributed by atoms with Crippen LogP contribution >= 0.6 is 0 Å². The molecule has 0 bridgehead atoms. The van der Waals surface area contributed by atoms with Crippen molar-refractivity contribution >= 4 is 5.97 Å². The van der Waals surface area contributed by atoms with E-state index in [0.717, 1.165) is 0 Å². The van der Waals surface area contributed by atoms with Crippen LogP contribution in [-0.4, -0.2) is 21.3 Å². The van der Waals surface area contributed by atoms with Gasteiger partial charge in [0.15, 0.2) is 0 Å². The van der Waals surface area contributed by atoms with Crippen molar-refractivity contribution in [1.29, 1.82) is 0 Å². The highest BCUT2D eigenvalue weighted by Gasteiger charge is 2.15. The largest absolute Gasteiger partial charge is 0.508 e. The van der Waals surface area contributed by atoms with Crippen molar-refractivity contribution in [1.82, 2.24) is 5.16 Å². The van der Waals surface area contributed by atoms with Crippen molar-refractivity contribution < 1.29 is 23.9 Å². The maximum atomic E-state index is 13.2. The van der Waals surface area contributed by atoms with Gasteiger partial charge < -0.3 is 14.7 Å². The van der Waals surface area contributed by atoms with Crippen molar-refractivity contribution in [3.05, 3.63) is 35.6 Å². The van der Waals surface area contributed by atoms with Crippen molar-refractivity contribution in [3.63, 3.8) is 0 Å². The molecule has 2 N–H and O–H groups in total. The number of carbonyl (C=O) groups is 1. The molecule has 5 nitrogen and oxygen atoms in total. The zero-order chi connectivity index (χ0) is 13.3. The molecule has 1 aromatic carbocycles. The van der Waals surface area contributed by atoms with E-state index in [1.807, 2.05) is 0 Å². The fourth-order valence-electron chi connectivity index (χ4n) is 1.54. The normalized spacial score (nSPS) is 12.3. The number of phenols is 1. The zero-order valence-corrected chi connectivity index (χ0v) is 9.42. The molecule has 1 aromatic heterocycles. The summed E-state index contributed by atoms with van der Waals surface area (Å²) < 4.78 is 17.8. The van der Waals surface area contributed by atoms with Gasteiger partial charge >= 0.3 is 5.97 Å². The summed E-state index contributed by atoms with van der Waals surface area (Å²) >= 11 is 0. The Bertz CT molecular complexity index is 592. The highest BCUT2D eigenvalue weighted by atomic mass is 19.1. The number of rotatable bonds is 3. The third-order valence-corrected chi connectivity index (χ3v) is 2.47. The highest BCUT2D eigenvalue weighted by Crippen LogP contribution is 2.31. The van der Waals surface area contributed by atoms with Gasteiger partial charge in [0, 0.05) is 17.2 Å². The molecule has 0 saturated heterocycles. The first kappa shape index (κ1) is 12.1. The SMILES string of the molecule is CC(F)c1cc(-c2cc(C(=O)O)on2)ccc1O. The Morgan fingerprint density at radius 3 is 2.72 bits per heavy atom. The number of hydrogen-bond donors (Lipinski definition) is 2. The smallest absolute Gasteiger partial charge is 0.374 e. The molecule has 6 heteroatoms. The predicted molar refractivity (Wildman–Crippen MR) is 60.1 cm³/mol. The van der Waals surface area contributed by atoms with Crippen molar-refractivity contribution in [2.24, 2.45) is 0 Å². The van der Waals surface area contributed by atoms with Crippen LogP contribution in [0.5, 0.6) is 5.75 Å². The Morgan fingerprint density at radius 2 is 2.17 bits per heavy atom. The van der Waals surface area contributed by atoms with E-state index in [4.69, 9.17) is 5.11 Å². The molecule has 0 saturated carbocycles. The number of carboxylic acid groups (broad SMARTS) is 1. The van der Waals surface area contributed by atoms with Crippen LogP contribution in [0.4, 0.5) is 4.39 Å². The summed E-state index contributed by atoms with van der Waals surface area (Å²) in [6, 6.07) is 5.48. The molecule has 0 amide bonds. The van der Waals surface area contributed by atoms with Gasteiger partial charge in [-0.15, -0.1) is 0 Å². The first-order valence-corrected chi connectivity index (χ1v) is 5.16. The fourth-order valence-corrected chi connectivity index (χ4v) is 1.54. The molecular weight excluding hydrogens is 241 g/mol. The standard InChI is InChI=1S/C12H10FNO4/c1-6(13)8-4-7(2-3-10(8)15)9-5-11(12(16)17)18-14-9/h2-6,15H,1H3,(H,16,17). The van der Waals surface area contributed by atoms with E-state index < -0.39 is 12.1 Å². The maximum absolute atomic E-state index is 13.2. The highest BCUT2D eigenvalue weighted by molar-refractivity contribution is 5.85. The average molecular weight is 251 g/mol. The van der Waals surface area contributed by atoms with Gasteiger partial charge in [0.25, 0.3) is 0 Å². The number of nitrogens with zero attached hydrogens (tertiary/aromatic N) is 1. The minimum absolute atomic E-state index is 0.118. The summed E-state index contributed by atoms with van der Waals surface area (Å²) in [6.07, 6.45) is -1.34. The van der Waals surface area contributed by atoms with Crippen LogP contribution in [0.25, 0.3) is 11.3 Å². The Morgan fingerprint density at radius 1 is 1.44 bits per heavy atom. The van der Waals surface area contributed by atoms with E-state index in [2.05, 4.69) is 9.68 Å². The number of hydrogen-bond acceptors (Lipinski definition) is 4. The number of alkyl halides is 1. The molecule has 2 aromatic rings. The van der Waals surface area contributed by atoms with Gasteiger partial charge in [-0.2, -0.15) is 0 Å². The molecule has 2 rings (SSSR count). The van der Waals surface area contributed by atoms with Crippen LogP contribution in [0.15, 0.2) is 28.8 Å². The van der Waals surface area contributed by atoms with Gasteiger partial charge in [0.2, 0.25) is 5.76 Å². The third-order valence-electron chi connectivity index (χ3n) is 2.47. The van der Waals surface area contributed by atoms with E-state index in [0.29, 0.717) is 5.56 Å². The lowest BCUT2D eigenvalue weighted by atomic mass is 10.0. The summed E-state index contributed by atoms with van der Waals surface area (Å²) in [4.78, 5) is 10.6. The molecule has 0 fully saturated rings. The van der Waals surface area contributed by atoms with Crippen LogP contribution in [0.3, 0.4) is 0 Å². The minimum atomic E-state index is -1.34. The average Bonchev–Trinajstić information content (AvgIpc) is 2.78. The van der Waals surface area contributed by atoms with Gasteiger partial charge in [-0.05, 0) is 25.1 Å². The molecule has 1 heterocycles. The Kier molecular flexibility index (Phi) is 3.01. The number of halogens is 1. The van der Waals surface area contributed by atoms with Gasteiger partial charge in [-0.3, -0.25) is 0 Å². The zero-order valence-electron chi connectivity index (χ0n) is 9.42. The molecule has 0 radical (unpaired) electrons. The molecule has 94 valence electrons. The van der Waals surface area contributed by atoms with Gasteiger partial charge in [-0.1, -0.05) is 5.16 Å². The first-order valence-electron chi connectivity index (χ1n) is 5.16. The maximum Gasteiger partial charge on any atom is 0.374 e. The summed E-state index contributed by atoms with van der Waals surface area (Å²) in [5, 5.41) is 21.7. The van der Waals surface area contributed by atoms with E-state index >= 15 is 0 Å². The van der Waals surface area contributed by atoms with Crippen molar-refractivity contribution in [3.8, 4) is 17.0 Å². The van der Waals surface area contributed by atoms with E-state index in [9.17, 15) is 14.3 Å². The fraction of sp³-hybridized carbons (Fsp3) is 0.167. The first-order chi connectivity index (χ1) is 8.49. The number of aromatic nitrogens is 1. The molecule has 1 atom stereocenters. The van der Waals surface area contributed by atoms with E-state index in [-0.39, 0.29) is 22.8 Å². The van der Waals surface area contributed by atoms with E-state index in [1.54, 1.807) is 0 Å².